The summed E-state index contributed by atoms with van der Waals surface area (Å²) in [5, 5.41) is 11.2. The average molecular weight is 469 g/mol. The standard InChI is InChI=1S/C29H40O5/c1-3-5-7-8-22-33-28(30)34-27-17-19-29(31,20-18-27)25-13-9-23(10-14-25)24-11-15-26(16-12-24)32-21-6-4-2/h9-16,27,31H,3-8,17-22H2,1-2H3. The normalized spacial score (nSPS) is 20.0. The van der Waals surface area contributed by atoms with E-state index in [-0.39, 0.29) is 6.10 Å². The van der Waals surface area contributed by atoms with E-state index >= 15 is 0 Å². The predicted octanol–water partition coefficient (Wildman–Crippen LogP) is 7.40. The molecule has 0 heterocycles. The molecule has 0 spiro atoms. The first-order valence-electron chi connectivity index (χ1n) is 12.9. The first-order valence-corrected chi connectivity index (χ1v) is 12.9. The molecule has 0 bridgehead atoms. The highest BCUT2D eigenvalue weighted by Crippen LogP contribution is 2.39. The van der Waals surface area contributed by atoms with Gasteiger partial charge in [0.15, 0.2) is 0 Å². The van der Waals surface area contributed by atoms with E-state index in [0.717, 1.165) is 67.6 Å². The predicted molar refractivity (Wildman–Crippen MR) is 135 cm³/mol. The minimum absolute atomic E-state index is 0.194. The maximum atomic E-state index is 11.9. The molecule has 3 rings (SSSR count). The largest absolute Gasteiger partial charge is 0.508 e. The summed E-state index contributed by atoms with van der Waals surface area (Å²) in [6, 6.07) is 16.3. The van der Waals surface area contributed by atoms with Crippen molar-refractivity contribution in [2.45, 2.75) is 89.8 Å². The zero-order valence-corrected chi connectivity index (χ0v) is 20.8. The van der Waals surface area contributed by atoms with Gasteiger partial charge in [-0.25, -0.2) is 4.79 Å². The van der Waals surface area contributed by atoms with Gasteiger partial charge in [-0.3, -0.25) is 0 Å². The monoisotopic (exact) mass is 468 g/mol. The third-order valence-electron chi connectivity index (χ3n) is 6.62. The van der Waals surface area contributed by atoms with Crippen LogP contribution in [-0.2, 0) is 15.1 Å². The molecule has 34 heavy (non-hydrogen) atoms. The van der Waals surface area contributed by atoms with Crippen molar-refractivity contribution < 1.29 is 24.1 Å². The van der Waals surface area contributed by atoms with Gasteiger partial charge in [0.05, 0.1) is 18.8 Å². The van der Waals surface area contributed by atoms with Crippen molar-refractivity contribution in [2.24, 2.45) is 0 Å². The van der Waals surface area contributed by atoms with Crippen LogP contribution >= 0.6 is 0 Å². The molecular formula is C29H40O5. The molecule has 1 saturated carbocycles. The fraction of sp³-hybridized carbons (Fsp3) is 0.552. The molecule has 1 N–H and O–H groups in total. The molecule has 0 aromatic heterocycles. The second-order valence-corrected chi connectivity index (χ2v) is 9.31. The van der Waals surface area contributed by atoms with E-state index in [2.05, 4.69) is 38.1 Å². The minimum Gasteiger partial charge on any atom is -0.494 e. The van der Waals surface area contributed by atoms with Crippen LogP contribution in [0.1, 0.15) is 83.6 Å². The van der Waals surface area contributed by atoms with Crippen LogP contribution in [0, 0.1) is 0 Å². The van der Waals surface area contributed by atoms with Crippen LogP contribution in [0.15, 0.2) is 48.5 Å². The fourth-order valence-corrected chi connectivity index (χ4v) is 4.38. The molecule has 1 aliphatic carbocycles. The SMILES string of the molecule is CCCCCCOC(=O)OC1CCC(O)(c2ccc(-c3ccc(OCCCC)cc3)cc2)CC1. The summed E-state index contributed by atoms with van der Waals surface area (Å²) in [6.07, 6.45) is 8.02. The Hall–Kier alpha value is -2.53. The lowest BCUT2D eigenvalue weighted by atomic mass is 9.78. The quantitative estimate of drug-likeness (QED) is 0.260. The summed E-state index contributed by atoms with van der Waals surface area (Å²) in [5.74, 6) is 0.891. The molecule has 0 amide bonds. The molecule has 0 radical (unpaired) electrons. The van der Waals surface area contributed by atoms with E-state index in [0.29, 0.717) is 32.3 Å². The number of rotatable bonds is 12. The molecule has 0 atom stereocenters. The van der Waals surface area contributed by atoms with Crippen molar-refractivity contribution in [1.29, 1.82) is 0 Å². The van der Waals surface area contributed by atoms with Crippen molar-refractivity contribution in [3.8, 4) is 16.9 Å². The first-order chi connectivity index (χ1) is 16.5. The van der Waals surface area contributed by atoms with E-state index in [1.807, 2.05) is 24.3 Å². The van der Waals surface area contributed by atoms with Gasteiger partial charge in [0, 0.05) is 0 Å². The van der Waals surface area contributed by atoms with Crippen LogP contribution in [0.25, 0.3) is 11.1 Å². The summed E-state index contributed by atoms with van der Waals surface area (Å²) in [4.78, 5) is 11.9. The average Bonchev–Trinajstić information content (AvgIpc) is 2.86. The van der Waals surface area contributed by atoms with Crippen molar-refractivity contribution in [3.05, 3.63) is 54.1 Å². The molecule has 2 aromatic carbocycles. The van der Waals surface area contributed by atoms with Gasteiger partial charge < -0.3 is 19.3 Å². The van der Waals surface area contributed by atoms with Gasteiger partial charge in [-0.05, 0) is 67.3 Å². The first kappa shape index (κ1) is 26.1. The molecule has 1 aliphatic rings. The van der Waals surface area contributed by atoms with Crippen molar-refractivity contribution >= 4 is 6.16 Å². The second kappa shape index (κ2) is 13.4. The lowest BCUT2D eigenvalue weighted by molar-refractivity contribution is -0.0538. The highest BCUT2D eigenvalue weighted by atomic mass is 16.7. The van der Waals surface area contributed by atoms with E-state index in [9.17, 15) is 9.90 Å². The van der Waals surface area contributed by atoms with Crippen LogP contribution in [0.3, 0.4) is 0 Å². The van der Waals surface area contributed by atoms with Crippen molar-refractivity contribution in [3.63, 3.8) is 0 Å². The Morgan fingerprint density at radius 2 is 1.47 bits per heavy atom. The molecule has 0 unspecified atom stereocenters. The zero-order valence-electron chi connectivity index (χ0n) is 20.8. The molecule has 1 fully saturated rings. The molecule has 0 saturated heterocycles. The summed E-state index contributed by atoms with van der Waals surface area (Å²) in [6.45, 7) is 5.46. The van der Waals surface area contributed by atoms with Gasteiger partial charge in [-0.2, -0.15) is 0 Å². The third kappa shape index (κ3) is 7.76. The van der Waals surface area contributed by atoms with Crippen LogP contribution in [0.5, 0.6) is 5.75 Å². The topological polar surface area (TPSA) is 65.0 Å². The van der Waals surface area contributed by atoms with Gasteiger partial charge in [-0.15, -0.1) is 0 Å². The number of ether oxygens (including phenoxy) is 3. The molecule has 5 nitrogen and oxygen atoms in total. The van der Waals surface area contributed by atoms with Gasteiger partial charge in [0.1, 0.15) is 11.9 Å². The molecule has 5 heteroatoms. The smallest absolute Gasteiger partial charge is 0.494 e. The van der Waals surface area contributed by atoms with Gasteiger partial charge >= 0.3 is 6.16 Å². The van der Waals surface area contributed by atoms with Gasteiger partial charge in [-0.1, -0.05) is 75.9 Å². The number of benzene rings is 2. The Morgan fingerprint density at radius 3 is 2.09 bits per heavy atom. The highest BCUT2D eigenvalue weighted by molar-refractivity contribution is 5.64. The summed E-state index contributed by atoms with van der Waals surface area (Å²) in [7, 11) is 0. The highest BCUT2D eigenvalue weighted by Gasteiger charge is 2.36. The Morgan fingerprint density at radius 1 is 0.853 bits per heavy atom. The fourth-order valence-electron chi connectivity index (χ4n) is 4.38. The summed E-state index contributed by atoms with van der Waals surface area (Å²) in [5.41, 5.74) is 2.24. The lowest BCUT2D eigenvalue weighted by Crippen LogP contribution is -2.35. The Kier molecular flexibility index (Phi) is 10.3. The summed E-state index contributed by atoms with van der Waals surface area (Å²) >= 11 is 0. The lowest BCUT2D eigenvalue weighted by Gasteiger charge is -2.36. The minimum atomic E-state index is -0.889. The van der Waals surface area contributed by atoms with Crippen LogP contribution < -0.4 is 4.74 Å². The molecule has 0 aliphatic heterocycles. The Bertz CT molecular complexity index is 851. The maximum Gasteiger partial charge on any atom is 0.508 e. The molecular weight excluding hydrogens is 428 g/mol. The van der Waals surface area contributed by atoms with Crippen LogP contribution in [0.4, 0.5) is 4.79 Å². The Labute approximate surface area is 204 Å². The summed E-state index contributed by atoms with van der Waals surface area (Å²) < 4.78 is 16.4. The Balaban J connectivity index is 1.47. The van der Waals surface area contributed by atoms with Gasteiger partial charge in [0.2, 0.25) is 0 Å². The van der Waals surface area contributed by atoms with Gasteiger partial charge in [0.25, 0.3) is 0 Å². The van der Waals surface area contributed by atoms with Crippen LogP contribution in [-0.4, -0.2) is 30.6 Å². The van der Waals surface area contributed by atoms with Crippen molar-refractivity contribution in [2.75, 3.05) is 13.2 Å². The number of hydrogen-bond donors (Lipinski definition) is 1. The number of hydrogen-bond acceptors (Lipinski definition) is 5. The zero-order chi connectivity index (χ0) is 24.2. The van der Waals surface area contributed by atoms with Crippen molar-refractivity contribution in [1.82, 2.24) is 0 Å². The number of unbranched alkanes of at least 4 members (excludes halogenated alkanes) is 4. The second-order valence-electron chi connectivity index (χ2n) is 9.31. The maximum absolute atomic E-state index is 11.9. The van der Waals surface area contributed by atoms with E-state index in [1.165, 1.54) is 0 Å². The van der Waals surface area contributed by atoms with Crippen LogP contribution in [0.2, 0.25) is 0 Å². The van der Waals surface area contributed by atoms with E-state index < -0.39 is 11.8 Å². The van der Waals surface area contributed by atoms with E-state index in [4.69, 9.17) is 14.2 Å². The number of carbonyl (C=O) groups excluding carboxylic acids is 1. The number of aliphatic hydroxyl groups is 1. The third-order valence-corrected chi connectivity index (χ3v) is 6.62. The molecule has 186 valence electrons. The molecule has 2 aromatic rings. The van der Waals surface area contributed by atoms with E-state index in [1.54, 1.807) is 0 Å². The number of carbonyl (C=O) groups is 1.